The molecule has 0 spiro atoms. The van der Waals surface area contributed by atoms with E-state index in [1.165, 1.54) is 36.5 Å². The number of urea groups is 1. The average Bonchev–Trinajstić information content (AvgIpc) is 3.09. The standard InChI is InChI=1S/C16H14N4O2S2/c1-17-16(22)20-13(21)12(10-5-3-2-4-6-10)24-15-11-7-8-23-14(11)18-9-19-15/h2-9,12H,1H3,(H2,17,20,21,22)/t12-/m0/s1. The quantitative estimate of drug-likeness (QED) is 0.553. The summed E-state index contributed by atoms with van der Waals surface area (Å²) in [5.41, 5.74) is 0.797. The molecule has 0 saturated heterocycles. The second kappa shape index (κ2) is 7.41. The molecular weight excluding hydrogens is 344 g/mol. The molecule has 3 aromatic rings. The molecule has 0 aliphatic carbocycles. The van der Waals surface area contributed by atoms with Crippen LogP contribution in [0.2, 0.25) is 0 Å². The Morgan fingerprint density at radius 2 is 1.96 bits per heavy atom. The van der Waals surface area contributed by atoms with Crippen LogP contribution in [0.25, 0.3) is 10.2 Å². The van der Waals surface area contributed by atoms with E-state index in [9.17, 15) is 9.59 Å². The summed E-state index contributed by atoms with van der Waals surface area (Å²) in [5.74, 6) is -0.396. The number of fused-ring (bicyclic) bond motifs is 1. The van der Waals surface area contributed by atoms with Crippen molar-refractivity contribution in [3.63, 3.8) is 0 Å². The Kier molecular flexibility index (Phi) is 5.07. The molecule has 3 rings (SSSR count). The molecule has 2 heterocycles. The Morgan fingerprint density at radius 3 is 2.71 bits per heavy atom. The predicted octanol–water partition coefficient (Wildman–Crippen LogP) is 2.98. The molecule has 2 N–H and O–H groups in total. The van der Waals surface area contributed by atoms with Crippen LogP contribution in [0.5, 0.6) is 0 Å². The maximum absolute atomic E-state index is 12.6. The van der Waals surface area contributed by atoms with Crippen molar-refractivity contribution in [3.8, 4) is 0 Å². The Hall–Kier alpha value is -2.45. The minimum atomic E-state index is -0.596. The summed E-state index contributed by atoms with van der Waals surface area (Å²) in [6, 6.07) is 10.7. The van der Waals surface area contributed by atoms with Gasteiger partial charge >= 0.3 is 6.03 Å². The number of thioether (sulfide) groups is 1. The van der Waals surface area contributed by atoms with Crippen LogP contribution in [0.1, 0.15) is 10.8 Å². The van der Waals surface area contributed by atoms with Crippen LogP contribution in [0, 0.1) is 0 Å². The van der Waals surface area contributed by atoms with E-state index in [1.807, 2.05) is 41.8 Å². The number of amides is 3. The number of hydrogen-bond acceptors (Lipinski definition) is 6. The van der Waals surface area contributed by atoms with Crippen LogP contribution in [0.15, 0.2) is 53.1 Å². The van der Waals surface area contributed by atoms with Gasteiger partial charge in [-0.3, -0.25) is 10.1 Å². The summed E-state index contributed by atoms with van der Waals surface area (Å²) in [6.07, 6.45) is 1.49. The van der Waals surface area contributed by atoms with Crippen LogP contribution in [-0.2, 0) is 4.79 Å². The highest BCUT2D eigenvalue weighted by atomic mass is 32.2. The maximum Gasteiger partial charge on any atom is 0.321 e. The fraction of sp³-hybridized carbons (Fsp3) is 0.125. The molecule has 0 fully saturated rings. The number of benzene rings is 1. The van der Waals surface area contributed by atoms with Crippen molar-refractivity contribution in [3.05, 3.63) is 53.7 Å². The highest BCUT2D eigenvalue weighted by Crippen LogP contribution is 2.38. The molecule has 0 saturated carbocycles. The number of aromatic nitrogens is 2. The fourth-order valence-corrected chi connectivity index (χ4v) is 3.99. The maximum atomic E-state index is 12.6. The molecule has 0 aliphatic rings. The van der Waals surface area contributed by atoms with Crippen molar-refractivity contribution < 1.29 is 9.59 Å². The van der Waals surface area contributed by atoms with Crippen molar-refractivity contribution in [2.24, 2.45) is 0 Å². The lowest BCUT2D eigenvalue weighted by molar-refractivity contribution is -0.119. The van der Waals surface area contributed by atoms with Gasteiger partial charge in [0.2, 0.25) is 5.91 Å². The number of carbonyl (C=O) groups excluding carboxylic acids is 2. The highest BCUT2D eigenvalue weighted by molar-refractivity contribution is 8.00. The molecule has 3 amide bonds. The van der Waals surface area contributed by atoms with Gasteiger partial charge in [-0.15, -0.1) is 11.3 Å². The normalized spacial score (nSPS) is 11.9. The third-order valence-electron chi connectivity index (χ3n) is 3.26. The summed E-state index contributed by atoms with van der Waals surface area (Å²) in [6.45, 7) is 0. The molecule has 24 heavy (non-hydrogen) atoms. The van der Waals surface area contributed by atoms with Gasteiger partial charge in [0.1, 0.15) is 21.4 Å². The number of carbonyl (C=O) groups is 2. The lowest BCUT2D eigenvalue weighted by atomic mass is 10.1. The number of rotatable bonds is 4. The van der Waals surface area contributed by atoms with Crippen molar-refractivity contribution in [1.29, 1.82) is 0 Å². The Labute approximate surface area is 146 Å². The fourth-order valence-electron chi connectivity index (χ4n) is 2.11. The molecule has 8 heteroatoms. The third kappa shape index (κ3) is 3.55. The number of hydrogen-bond donors (Lipinski definition) is 2. The zero-order valence-corrected chi connectivity index (χ0v) is 14.4. The van der Waals surface area contributed by atoms with Gasteiger partial charge in [-0.1, -0.05) is 42.1 Å². The number of imide groups is 1. The zero-order valence-electron chi connectivity index (χ0n) is 12.7. The number of thiophene rings is 1. The van der Waals surface area contributed by atoms with E-state index in [-0.39, 0.29) is 0 Å². The molecule has 0 unspecified atom stereocenters. The van der Waals surface area contributed by atoms with Crippen molar-refractivity contribution in [2.45, 2.75) is 10.3 Å². The molecule has 122 valence electrons. The van der Waals surface area contributed by atoms with Crippen LogP contribution in [-0.4, -0.2) is 29.0 Å². The first-order chi connectivity index (χ1) is 11.7. The van der Waals surface area contributed by atoms with Crippen molar-refractivity contribution in [1.82, 2.24) is 20.6 Å². The molecule has 0 bridgehead atoms. The second-order valence-electron chi connectivity index (χ2n) is 4.80. The average molecular weight is 358 g/mol. The van der Waals surface area contributed by atoms with Crippen molar-refractivity contribution >= 4 is 45.3 Å². The monoisotopic (exact) mass is 358 g/mol. The topological polar surface area (TPSA) is 84.0 Å². The van der Waals surface area contributed by atoms with Gasteiger partial charge < -0.3 is 5.32 Å². The second-order valence-corrected chi connectivity index (χ2v) is 6.78. The lowest BCUT2D eigenvalue weighted by Gasteiger charge is -2.16. The first kappa shape index (κ1) is 16.4. The summed E-state index contributed by atoms with van der Waals surface area (Å²) in [7, 11) is 1.46. The van der Waals surface area contributed by atoms with Crippen LogP contribution >= 0.6 is 23.1 Å². The van der Waals surface area contributed by atoms with Crippen LogP contribution < -0.4 is 10.6 Å². The van der Waals surface area contributed by atoms with Gasteiger partial charge in [0.15, 0.2) is 0 Å². The summed E-state index contributed by atoms with van der Waals surface area (Å²) < 4.78 is 0. The van der Waals surface area contributed by atoms with Gasteiger partial charge in [-0.2, -0.15) is 0 Å². The van der Waals surface area contributed by atoms with E-state index in [2.05, 4.69) is 20.6 Å². The summed E-state index contributed by atoms with van der Waals surface area (Å²) in [5, 5.41) is 7.68. The molecule has 0 aliphatic heterocycles. The Bertz CT molecular complexity index is 867. The van der Waals surface area contributed by atoms with E-state index in [1.54, 1.807) is 0 Å². The lowest BCUT2D eigenvalue weighted by Crippen LogP contribution is -2.39. The van der Waals surface area contributed by atoms with Gasteiger partial charge in [0, 0.05) is 12.4 Å². The van der Waals surface area contributed by atoms with E-state index < -0.39 is 17.2 Å². The number of nitrogens with zero attached hydrogens (tertiary/aromatic N) is 2. The van der Waals surface area contributed by atoms with Crippen LogP contribution in [0.3, 0.4) is 0 Å². The summed E-state index contributed by atoms with van der Waals surface area (Å²) in [4.78, 5) is 33.5. The first-order valence-electron chi connectivity index (χ1n) is 7.11. The van der Waals surface area contributed by atoms with Crippen molar-refractivity contribution in [2.75, 3.05) is 7.05 Å². The minimum absolute atomic E-state index is 0.396. The van der Waals surface area contributed by atoms with Gasteiger partial charge in [-0.25, -0.2) is 14.8 Å². The molecule has 2 aromatic heterocycles. The SMILES string of the molecule is CNC(=O)NC(=O)[C@@H](Sc1ncnc2sccc12)c1ccccc1. The first-order valence-corrected chi connectivity index (χ1v) is 8.87. The van der Waals surface area contributed by atoms with Gasteiger partial charge in [0.25, 0.3) is 0 Å². The molecular formula is C16H14N4O2S2. The van der Waals surface area contributed by atoms with E-state index in [4.69, 9.17) is 0 Å². The largest absolute Gasteiger partial charge is 0.341 e. The molecule has 1 atom stereocenters. The van der Waals surface area contributed by atoms with Crippen LogP contribution in [0.4, 0.5) is 4.79 Å². The zero-order chi connectivity index (χ0) is 16.9. The molecule has 6 nitrogen and oxygen atoms in total. The van der Waals surface area contributed by atoms with E-state index in [0.29, 0.717) is 5.03 Å². The predicted molar refractivity (Wildman–Crippen MR) is 95.1 cm³/mol. The van der Waals surface area contributed by atoms with E-state index >= 15 is 0 Å². The number of nitrogens with one attached hydrogen (secondary N) is 2. The minimum Gasteiger partial charge on any atom is -0.341 e. The van der Waals surface area contributed by atoms with Gasteiger partial charge in [-0.05, 0) is 17.0 Å². The third-order valence-corrected chi connectivity index (χ3v) is 5.35. The summed E-state index contributed by atoms with van der Waals surface area (Å²) >= 11 is 2.82. The molecule has 0 radical (unpaired) electrons. The van der Waals surface area contributed by atoms with E-state index in [0.717, 1.165) is 15.8 Å². The van der Waals surface area contributed by atoms with Gasteiger partial charge in [0.05, 0.1) is 0 Å². The smallest absolute Gasteiger partial charge is 0.321 e. The molecule has 1 aromatic carbocycles. The Morgan fingerprint density at radius 1 is 1.17 bits per heavy atom. The highest BCUT2D eigenvalue weighted by Gasteiger charge is 2.25. The Balaban J connectivity index is 1.94.